The number of carbonyl (C=O) groups excluding carboxylic acids is 1. The smallest absolute Gasteiger partial charge is 0.282 e. The number of aromatic nitrogens is 5. The molecule has 4 aromatic heterocycles. The van der Waals surface area contributed by atoms with Gasteiger partial charge in [0, 0.05) is 37.3 Å². The quantitative estimate of drug-likeness (QED) is 0.378. The van der Waals surface area contributed by atoms with Gasteiger partial charge in [-0.25, -0.2) is 27.5 Å². The molecule has 0 saturated heterocycles. The summed E-state index contributed by atoms with van der Waals surface area (Å²) in [6.07, 6.45) is -1.42. The predicted molar refractivity (Wildman–Crippen MR) is 115 cm³/mol. The SMILES string of the molecule is CC(C)Oc1cc2nc(-c3cn(C)nc3C(F)F)cn2cc1NC(=O)c1cccc(C(F)F)n1. The van der Waals surface area contributed by atoms with E-state index >= 15 is 0 Å². The number of ether oxygens (including phenoxy) is 1. The Kier molecular flexibility index (Phi) is 6.22. The molecule has 1 N–H and O–H groups in total. The molecular formula is C22H20F4N6O2. The van der Waals surface area contributed by atoms with Crippen LogP contribution < -0.4 is 10.1 Å². The van der Waals surface area contributed by atoms with Crippen LogP contribution in [0.15, 0.2) is 42.9 Å². The van der Waals surface area contributed by atoms with E-state index in [1.807, 2.05) is 0 Å². The molecule has 0 saturated carbocycles. The second-order valence-electron chi connectivity index (χ2n) is 7.71. The summed E-state index contributed by atoms with van der Waals surface area (Å²) in [6, 6.07) is 5.29. The van der Waals surface area contributed by atoms with Crippen molar-refractivity contribution >= 4 is 17.2 Å². The van der Waals surface area contributed by atoms with Gasteiger partial charge in [-0.2, -0.15) is 5.10 Å². The highest BCUT2D eigenvalue weighted by Crippen LogP contribution is 2.32. The van der Waals surface area contributed by atoms with Crippen LogP contribution in [0.3, 0.4) is 0 Å². The molecule has 34 heavy (non-hydrogen) atoms. The van der Waals surface area contributed by atoms with Crippen molar-refractivity contribution in [2.75, 3.05) is 5.32 Å². The van der Waals surface area contributed by atoms with Gasteiger partial charge in [0.2, 0.25) is 0 Å². The molecule has 4 rings (SSSR count). The summed E-state index contributed by atoms with van der Waals surface area (Å²) >= 11 is 0. The Morgan fingerprint density at radius 1 is 1.06 bits per heavy atom. The number of alkyl halides is 4. The fourth-order valence-electron chi connectivity index (χ4n) is 3.34. The Hall–Kier alpha value is -3.96. The third-order valence-electron chi connectivity index (χ3n) is 4.73. The standard InChI is InChI=1S/C22H20F4N6O2/c1-11(2)34-17-7-18-28-15(12-8-31(3)30-19(12)21(25)26)9-32(18)10-16(17)29-22(33)14-6-4-5-13(27-14)20(23)24/h4-11,20-21H,1-3H3,(H,29,33). The van der Waals surface area contributed by atoms with Gasteiger partial charge < -0.3 is 14.5 Å². The molecule has 0 bridgehead atoms. The number of rotatable bonds is 7. The monoisotopic (exact) mass is 476 g/mol. The van der Waals surface area contributed by atoms with Crippen molar-refractivity contribution in [1.29, 1.82) is 0 Å². The summed E-state index contributed by atoms with van der Waals surface area (Å²) in [4.78, 5) is 20.8. The van der Waals surface area contributed by atoms with E-state index in [1.165, 1.54) is 46.9 Å². The zero-order valence-corrected chi connectivity index (χ0v) is 18.3. The number of hydrogen-bond donors (Lipinski definition) is 1. The molecule has 0 fully saturated rings. The summed E-state index contributed by atoms with van der Waals surface area (Å²) in [6.45, 7) is 3.57. The number of fused-ring (bicyclic) bond motifs is 1. The van der Waals surface area contributed by atoms with Crippen molar-refractivity contribution in [2.24, 2.45) is 7.05 Å². The van der Waals surface area contributed by atoms with E-state index in [-0.39, 0.29) is 34.5 Å². The summed E-state index contributed by atoms with van der Waals surface area (Å²) in [5.74, 6) is -0.457. The van der Waals surface area contributed by atoms with Crippen LogP contribution in [0.5, 0.6) is 5.75 Å². The largest absolute Gasteiger partial charge is 0.489 e. The number of nitrogens with one attached hydrogen (secondary N) is 1. The molecule has 0 aliphatic rings. The van der Waals surface area contributed by atoms with E-state index in [4.69, 9.17) is 4.74 Å². The number of pyridine rings is 2. The molecule has 0 spiro atoms. The van der Waals surface area contributed by atoms with Crippen molar-refractivity contribution < 1.29 is 27.1 Å². The van der Waals surface area contributed by atoms with Crippen LogP contribution >= 0.6 is 0 Å². The average Bonchev–Trinajstić information content (AvgIpc) is 3.36. The highest BCUT2D eigenvalue weighted by Gasteiger charge is 2.22. The van der Waals surface area contributed by atoms with Gasteiger partial charge in [0.25, 0.3) is 18.8 Å². The van der Waals surface area contributed by atoms with E-state index in [2.05, 4.69) is 20.4 Å². The van der Waals surface area contributed by atoms with Crippen LogP contribution in [0, 0.1) is 0 Å². The zero-order chi connectivity index (χ0) is 24.6. The third-order valence-corrected chi connectivity index (χ3v) is 4.73. The summed E-state index contributed by atoms with van der Waals surface area (Å²) in [5, 5.41) is 6.42. The number of nitrogens with zero attached hydrogens (tertiary/aromatic N) is 5. The molecule has 178 valence electrons. The van der Waals surface area contributed by atoms with Crippen molar-refractivity contribution in [2.45, 2.75) is 32.8 Å². The van der Waals surface area contributed by atoms with Crippen molar-refractivity contribution in [3.05, 3.63) is 59.9 Å². The van der Waals surface area contributed by atoms with E-state index < -0.39 is 30.1 Å². The molecule has 12 heteroatoms. The Labute approximate surface area is 191 Å². The Balaban J connectivity index is 1.74. The fraction of sp³-hybridized carbons (Fsp3) is 0.273. The van der Waals surface area contributed by atoms with E-state index in [0.717, 1.165) is 6.07 Å². The first-order chi connectivity index (χ1) is 16.1. The summed E-state index contributed by atoms with van der Waals surface area (Å²) in [7, 11) is 1.53. The molecule has 1 amide bonds. The predicted octanol–water partition coefficient (Wildman–Crippen LogP) is 5.04. The minimum Gasteiger partial charge on any atom is -0.489 e. The number of anilines is 1. The highest BCUT2D eigenvalue weighted by atomic mass is 19.3. The summed E-state index contributed by atoms with van der Waals surface area (Å²) in [5.41, 5.74) is -0.0861. The topological polar surface area (TPSA) is 86.3 Å². The van der Waals surface area contributed by atoms with Gasteiger partial charge >= 0.3 is 0 Å². The van der Waals surface area contributed by atoms with Gasteiger partial charge in [-0.15, -0.1) is 0 Å². The number of halogens is 4. The Morgan fingerprint density at radius 2 is 1.82 bits per heavy atom. The first-order valence-corrected chi connectivity index (χ1v) is 10.2. The third kappa shape index (κ3) is 4.70. The van der Waals surface area contributed by atoms with Crippen molar-refractivity contribution in [1.82, 2.24) is 24.1 Å². The van der Waals surface area contributed by atoms with Gasteiger partial charge in [0.15, 0.2) is 0 Å². The molecule has 8 nitrogen and oxygen atoms in total. The molecule has 0 aliphatic carbocycles. The van der Waals surface area contributed by atoms with E-state index in [0.29, 0.717) is 5.65 Å². The minimum atomic E-state index is -2.82. The first-order valence-electron chi connectivity index (χ1n) is 10.2. The van der Waals surface area contributed by atoms with Crippen LogP contribution in [0.2, 0.25) is 0 Å². The highest BCUT2D eigenvalue weighted by molar-refractivity contribution is 6.03. The maximum Gasteiger partial charge on any atom is 0.282 e. The van der Waals surface area contributed by atoms with Crippen LogP contribution in [0.4, 0.5) is 23.2 Å². The lowest BCUT2D eigenvalue weighted by atomic mass is 10.2. The second kappa shape index (κ2) is 9.12. The summed E-state index contributed by atoms with van der Waals surface area (Å²) < 4.78 is 61.3. The Bertz CT molecular complexity index is 1350. The van der Waals surface area contributed by atoms with Gasteiger partial charge in [0.1, 0.15) is 34.2 Å². The number of imidazole rings is 1. The average molecular weight is 476 g/mol. The molecule has 4 aromatic rings. The number of carbonyl (C=O) groups is 1. The van der Waals surface area contributed by atoms with E-state index in [1.54, 1.807) is 19.9 Å². The molecular weight excluding hydrogens is 456 g/mol. The van der Waals surface area contributed by atoms with Crippen LogP contribution in [-0.4, -0.2) is 36.2 Å². The fourth-order valence-corrected chi connectivity index (χ4v) is 3.34. The number of aryl methyl sites for hydroxylation is 1. The lowest BCUT2D eigenvalue weighted by Gasteiger charge is -2.15. The number of amides is 1. The maximum absolute atomic E-state index is 13.4. The van der Waals surface area contributed by atoms with Gasteiger partial charge in [-0.05, 0) is 26.0 Å². The molecule has 0 radical (unpaired) electrons. The zero-order valence-electron chi connectivity index (χ0n) is 18.3. The maximum atomic E-state index is 13.4. The molecule has 0 unspecified atom stereocenters. The number of hydrogen-bond acceptors (Lipinski definition) is 5. The molecule has 0 atom stereocenters. The minimum absolute atomic E-state index is 0.172. The second-order valence-corrected chi connectivity index (χ2v) is 7.71. The molecule has 0 aliphatic heterocycles. The Morgan fingerprint density at radius 3 is 2.50 bits per heavy atom. The lowest BCUT2D eigenvalue weighted by molar-refractivity contribution is 0.101. The van der Waals surface area contributed by atoms with Crippen LogP contribution in [-0.2, 0) is 7.05 Å². The van der Waals surface area contributed by atoms with Crippen LogP contribution in [0.1, 0.15) is 48.6 Å². The van der Waals surface area contributed by atoms with Gasteiger partial charge in [-0.1, -0.05) is 6.07 Å². The lowest BCUT2D eigenvalue weighted by Crippen LogP contribution is -2.17. The molecule has 4 heterocycles. The van der Waals surface area contributed by atoms with Crippen molar-refractivity contribution in [3.63, 3.8) is 0 Å². The van der Waals surface area contributed by atoms with E-state index in [9.17, 15) is 22.4 Å². The first kappa shape index (κ1) is 23.2. The van der Waals surface area contributed by atoms with Gasteiger partial charge in [0.05, 0.1) is 11.8 Å². The normalized spacial score (nSPS) is 11.7. The molecule has 0 aromatic carbocycles. The van der Waals surface area contributed by atoms with Gasteiger partial charge in [-0.3, -0.25) is 9.48 Å². The van der Waals surface area contributed by atoms with Crippen LogP contribution in [0.25, 0.3) is 16.9 Å². The van der Waals surface area contributed by atoms with Crippen molar-refractivity contribution in [3.8, 4) is 17.0 Å².